The lowest BCUT2D eigenvalue weighted by Crippen LogP contribution is -2.75. The predicted octanol–water partition coefficient (Wildman–Crippen LogP) is 7.43. The van der Waals surface area contributed by atoms with E-state index in [1.807, 2.05) is 6.08 Å². The van der Waals surface area contributed by atoms with Crippen LogP contribution in [0.4, 0.5) is 4.79 Å². The lowest BCUT2D eigenvalue weighted by atomic mass is 9.44. The van der Waals surface area contributed by atoms with E-state index in [1.54, 1.807) is 0 Å². The van der Waals surface area contributed by atoms with Gasteiger partial charge < -0.3 is 19.3 Å². The molecule has 40 heavy (non-hydrogen) atoms. The van der Waals surface area contributed by atoms with Gasteiger partial charge in [0, 0.05) is 18.5 Å². The molecule has 1 spiro atoms. The van der Waals surface area contributed by atoms with Gasteiger partial charge in [-0.3, -0.25) is 4.90 Å². The van der Waals surface area contributed by atoms with Crippen molar-refractivity contribution >= 4 is 6.16 Å². The lowest BCUT2D eigenvalue weighted by molar-refractivity contribution is -0.240. The topological polar surface area (TPSA) is 68.2 Å². The second-order valence-corrected chi connectivity index (χ2v) is 13.7. The zero-order chi connectivity index (χ0) is 27.7. The molecule has 6 nitrogen and oxygen atoms in total. The Bertz CT molecular complexity index is 1020. The van der Waals surface area contributed by atoms with Gasteiger partial charge in [0.1, 0.15) is 11.9 Å². The quantitative estimate of drug-likeness (QED) is 0.137. The number of rotatable bonds is 14. The van der Waals surface area contributed by atoms with E-state index in [4.69, 9.17) is 14.2 Å². The summed E-state index contributed by atoms with van der Waals surface area (Å²) in [6.45, 7) is 9.15. The summed E-state index contributed by atoms with van der Waals surface area (Å²) in [6, 6.07) is 0.153. The van der Waals surface area contributed by atoms with Crippen molar-refractivity contribution in [1.82, 2.24) is 4.90 Å². The van der Waals surface area contributed by atoms with Gasteiger partial charge in [-0.25, -0.2) is 4.79 Å². The third-order valence-corrected chi connectivity index (χ3v) is 11.1. The second-order valence-electron chi connectivity index (χ2n) is 13.7. The summed E-state index contributed by atoms with van der Waals surface area (Å²) < 4.78 is 17.9. The first-order chi connectivity index (χ1) is 19.5. The Morgan fingerprint density at radius 3 is 2.55 bits per heavy atom. The van der Waals surface area contributed by atoms with Gasteiger partial charge in [0.25, 0.3) is 0 Å². The standard InChI is InChI=1S/C34H51NO5/c1-3-4-5-6-7-8-9-10-11-12-21-38-32(36)39-27-16-15-26-22-28-34(37)18-17-24(2)31-33(34,29(26)30(27)40-31)19-20-35(28)23-25-13-14-25/h15-16,25-26,28-29,31,37H,2-14,17-23H2,1H3/t26?,28?,29?,31-,33-,34+/m0/s1. The molecule has 3 saturated carbocycles. The highest BCUT2D eigenvalue weighted by atomic mass is 16.7. The highest BCUT2D eigenvalue weighted by molar-refractivity contribution is 5.62. The molecule has 6 heteroatoms. The lowest BCUT2D eigenvalue weighted by Gasteiger charge is -2.66. The normalized spacial score (nSPS) is 35.9. The zero-order valence-corrected chi connectivity index (χ0v) is 24.7. The molecule has 0 aromatic rings. The molecule has 4 aliphatic carbocycles. The number of likely N-dealkylation sites (tertiary alicyclic amines) is 1. The Morgan fingerprint density at radius 2 is 1.82 bits per heavy atom. The van der Waals surface area contributed by atoms with Crippen molar-refractivity contribution in [3.05, 3.63) is 35.8 Å². The van der Waals surface area contributed by atoms with E-state index in [1.165, 1.54) is 64.2 Å². The maximum atomic E-state index is 12.7. The van der Waals surface area contributed by atoms with Crippen LogP contribution in [0.2, 0.25) is 0 Å². The predicted molar refractivity (Wildman–Crippen MR) is 155 cm³/mol. The van der Waals surface area contributed by atoms with Gasteiger partial charge in [0.05, 0.1) is 17.6 Å². The van der Waals surface area contributed by atoms with Crippen molar-refractivity contribution in [3.63, 3.8) is 0 Å². The molecule has 2 saturated heterocycles. The van der Waals surface area contributed by atoms with Crippen LogP contribution in [0, 0.1) is 23.2 Å². The van der Waals surface area contributed by atoms with Crippen molar-refractivity contribution < 1.29 is 24.1 Å². The van der Waals surface area contributed by atoms with Crippen molar-refractivity contribution in [2.45, 2.75) is 127 Å². The molecule has 0 amide bonds. The maximum Gasteiger partial charge on any atom is 0.513 e. The monoisotopic (exact) mass is 553 g/mol. The first kappa shape index (κ1) is 28.3. The van der Waals surface area contributed by atoms with Crippen molar-refractivity contribution in [2.75, 3.05) is 19.7 Å². The fraction of sp³-hybridized carbons (Fsp3) is 0.794. The van der Waals surface area contributed by atoms with Crippen LogP contribution in [0.3, 0.4) is 0 Å². The summed E-state index contributed by atoms with van der Waals surface area (Å²) in [5.74, 6) is 2.30. The zero-order valence-electron chi connectivity index (χ0n) is 24.7. The molecule has 0 aromatic heterocycles. The molecule has 1 N–H and O–H groups in total. The van der Waals surface area contributed by atoms with Crippen LogP contribution in [-0.4, -0.2) is 53.6 Å². The van der Waals surface area contributed by atoms with Gasteiger partial charge in [0.15, 0.2) is 5.76 Å². The summed E-state index contributed by atoms with van der Waals surface area (Å²) >= 11 is 0. The van der Waals surface area contributed by atoms with E-state index in [0.29, 0.717) is 12.4 Å². The highest BCUT2D eigenvalue weighted by Crippen LogP contribution is 2.70. The SMILES string of the molecule is C=C1CC[C@@]2(O)C3CC4C=CC(OC(=O)OCCCCCCCCCCCC)=C5O[C@@H]1[C@]2(CCN3CC1CC1)C54. The summed E-state index contributed by atoms with van der Waals surface area (Å²) in [5, 5.41) is 12.5. The maximum absolute atomic E-state index is 12.7. The summed E-state index contributed by atoms with van der Waals surface area (Å²) in [5.41, 5.74) is -0.129. The number of unbranched alkanes of at least 4 members (excludes halogenated alkanes) is 9. The molecule has 5 fully saturated rings. The first-order valence-electron chi connectivity index (χ1n) is 16.6. The molecule has 0 aromatic carbocycles. The Hall–Kier alpha value is -1.79. The number of hydrogen-bond donors (Lipinski definition) is 1. The van der Waals surface area contributed by atoms with Crippen molar-refractivity contribution in [1.29, 1.82) is 0 Å². The molecule has 222 valence electrons. The van der Waals surface area contributed by atoms with E-state index < -0.39 is 17.2 Å². The summed E-state index contributed by atoms with van der Waals surface area (Å²) in [7, 11) is 0. The van der Waals surface area contributed by atoms with Gasteiger partial charge in [-0.2, -0.15) is 0 Å². The highest BCUT2D eigenvalue weighted by Gasteiger charge is 2.76. The molecule has 6 rings (SSSR count). The Labute approximate surface area is 241 Å². The third kappa shape index (κ3) is 5.06. The molecule has 6 aliphatic rings. The largest absolute Gasteiger partial charge is 0.513 e. The molecular formula is C34H51NO5. The number of hydrogen-bond acceptors (Lipinski definition) is 6. The number of carbonyl (C=O) groups is 1. The van der Waals surface area contributed by atoms with Crippen LogP contribution in [0.1, 0.15) is 110 Å². The molecular weight excluding hydrogens is 502 g/mol. The molecule has 3 unspecified atom stereocenters. The number of carbonyl (C=O) groups excluding carboxylic acids is 1. The van der Waals surface area contributed by atoms with E-state index in [9.17, 15) is 9.90 Å². The smallest absolute Gasteiger partial charge is 0.485 e. The van der Waals surface area contributed by atoms with Crippen LogP contribution >= 0.6 is 0 Å². The molecule has 2 aliphatic heterocycles. The fourth-order valence-corrected chi connectivity index (χ4v) is 8.94. The average molecular weight is 554 g/mol. The average Bonchev–Trinajstić information content (AvgIpc) is 3.68. The second kappa shape index (κ2) is 11.8. The molecule has 6 atom stereocenters. The van der Waals surface area contributed by atoms with Crippen LogP contribution in [-0.2, 0) is 14.2 Å². The number of ether oxygens (including phenoxy) is 3. The van der Waals surface area contributed by atoms with E-state index in [2.05, 4.69) is 24.5 Å². The van der Waals surface area contributed by atoms with E-state index >= 15 is 0 Å². The Morgan fingerprint density at radius 1 is 1.10 bits per heavy atom. The van der Waals surface area contributed by atoms with Gasteiger partial charge in [0.2, 0.25) is 0 Å². The number of piperidine rings is 1. The van der Waals surface area contributed by atoms with Gasteiger partial charge in [-0.05, 0) is 75.0 Å². The van der Waals surface area contributed by atoms with Gasteiger partial charge in [-0.1, -0.05) is 77.4 Å². The third-order valence-electron chi connectivity index (χ3n) is 11.1. The van der Waals surface area contributed by atoms with E-state index in [0.717, 1.165) is 68.9 Å². The number of allylic oxidation sites excluding steroid dienone is 3. The summed E-state index contributed by atoms with van der Waals surface area (Å²) in [6.07, 6.45) is 21.7. The van der Waals surface area contributed by atoms with Gasteiger partial charge in [-0.15, -0.1) is 0 Å². The van der Waals surface area contributed by atoms with Gasteiger partial charge >= 0.3 is 6.16 Å². The van der Waals surface area contributed by atoms with Crippen LogP contribution in [0.5, 0.6) is 0 Å². The van der Waals surface area contributed by atoms with Crippen LogP contribution in [0.25, 0.3) is 0 Å². The molecule has 2 bridgehead atoms. The Kier molecular flexibility index (Phi) is 8.38. The minimum atomic E-state index is -0.804. The minimum Gasteiger partial charge on any atom is -0.485 e. The first-order valence-corrected chi connectivity index (χ1v) is 16.6. The molecule has 0 radical (unpaired) electrons. The van der Waals surface area contributed by atoms with Crippen molar-refractivity contribution in [3.8, 4) is 0 Å². The Balaban J connectivity index is 1.05. The van der Waals surface area contributed by atoms with Crippen LogP contribution in [0.15, 0.2) is 35.8 Å². The van der Waals surface area contributed by atoms with Crippen LogP contribution < -0.4 is 0 Å². The molecule has 2 heterocycles. The minimum absolute atomic E-state index is 0.0219. The fourth-order valence-electron chi connectivity index (χ4n) is 8.94. The number of nitrogens with zero attached hydrogens (tertiary/aromatic N) is 1. The van der Waals surface area contributed by atoms with E-state index in [-0.39, 0.29) is 24.0 Å². The summed E-state index contributed by atoms with van der Waals surface area (Å²) in [4.78, 5) is 15.3. The van der Waals surface area contributed by atoms with Crippen molar-refractivity contribution in [2.24, 2.45) is 23.2 Å². The number of aliphatic hydroxyl groups is 1.